The Morgan fingerprint density at radius 3 is 2.71 bits per heavy atom. The zero-order valence-electron chi connectivity index (χ0n) is 9.69. The van der Waals surface area contributed by atoms with E-state index in [-0.39, 0.29) is 11.2 Å². The normalized spacial score (nSPS) is 10.5. The molecule has 0 aliphatic heterocycles. The van der Waals surface area contributed by atoms with Gasteiger partial charge >= 0.3 is 0 Å². The lowest BCUT2D eigenvalue weighted by Gasteiger charge is -2.06. The summed E-state index contributed by atoms with van der Waals surface area (Å²) in [4.78, 5) is 21.9. The molecule has 94 valence electrons. The maximum Gasteiger partial charge on any atom is 0.288 e. The van der Waals surface area contributed by atoms with Gasteiger partial charge in [0.2, 0.25) is 0 Å². The molecule has 0 fully saturated rings. The quantitative estimate of drug-likeness (QED) is 0.351. The topological polar surface area (TPSA) is 65.1 Å². The number of aromatic nitrogens is 1. The van der Waals surface area contributed by atoms with E-state index < -0.39 is 4.92 Å². The van der Waals surface area contributed by atoms with Crippen LogP contribution in [-0.4, -0.2) is 14.8 Å². The maximum absolute atomic E-state index is 11.6. The molecule has 1 rings (SSSR count). The molecule has 0 unspecified atom stereocenters. The first-order valence-electron chi connectivity index (χ1n) is 5.47. The summed E-state index contributed by atoms with van der Waals surface area (Å²) in [5.74, 6) is 0. The Morgan fingerprint density at radius 1 is 1.41 bits per heavy atom. The fraction of sp³-hybridized carbons (Fsp3) is 0.545. The van der Waals surface area contributed by atoms with Gasteiger partial charge in [-0.3, -0.25) is 14.9 Å². The Labute approximate surface area is 108 Å². The molecule has 0 amide bonds. The standard InChI is InChI=1S/C11H15BrN2O3/c1-9-7-11(15)13(6-4-2-3-5-12)8-10(9)14(16)17/h7-8H,2-6H2,1H3. The molecular formula is C11H15BrN2O3. The minimum atomic E-state index is -0.455. The highest BCUT2D eigenvalue weighted by molar-refractivity contribution is 9.09. The summed E-state index contributed by atoms with van der Waals surface area (Å²) >= 11 is 3.33. The molecule has 0 saturated heterocycles. The van der Waals surface area contributed by atoms with Gasteiger partial charge in [0.25, 0.3) is 11.2 Å². The first-order valence-corrected chi connectivity index (χ1v) is 6.60. The predicted octanol–water partition coefficient (Wildman–Crippen LogP) is 2.63. The lowest BCUT2D eigenvalue weighted by atomic mass is 10.2. The third kappa shape index (κ3) is 3.96. The van der Waals surface area contributed by atoms with Crippen LogP contribution in [0, 0.1) is 17.0 Å². The SMILES string of the molecule is Cc1cc(=O)n(CCCCCBr)cc1[N+](=O)[O-]. The molecule has 5 nitrogen and oxygen atoms in total. The predicted molar refractivity (Wildman–Crippen MR) is 69.7 cm³/mol. The van der Waals surface area contributed by atoms with Gasteiger partial charge in [0, 0.05) is 23.5 Å². The minimum Gasteiger partial charge on any atom is -0.309 e. The molecule has 0 atom stereocenters. The molecule has 0 N–H and O–H groups in total. The zero-order chi connectivity index (χ0) is 12.8. The summed E-state index contributed by atoms with van der Waals surface area (Å²) in [6.07, 6.45) is 4.24. The average molecular weight is 303 g/mol. The van der Waals surface area contributed by atoms with E-state index in [1.165, 1.54) is 16.8 Å². The van der Waals surface area contributed by atoms with Gasteiger partial charge in [0.1, 0.15) is 0 Å². The summed E-state index contributed by atoms with van der Waals surface area (Å²) in [5, 5.41) is 11.7. The van der Waals surface area contributed by atoms with Gasteiger partial charge in [-0.05, 0) is 19.8 Å². The van der Waals surface area contributed by atoms with Crippen LogP contribution in [0.3, 0.4) is 0 Å². The summed E-state index contributed by atoms with van der Waals surface area (Å²) in [6, 6.07) is 1.32. The van der Waals surface area contributed by atoms with E-state index in [9.17, 15) is 14.9 Å². The van der Waals surface area contributed by atoms with Crippen molar-refractivity contribution in [2.45, 2.75) is 32.7 Å². The number of halogens is 1. The van der Waals surface area contributed by atoms with Crippen molar-refractivity contribution in [2.75, 3.05) is 5.33 Å². The summed E-state index contributed by atoms with van der Waals surface area (Å²) in [6.45, 7) is 2.11. The summed E-state index contributed by atoms with van der Waals surface area (Å²) < 4.78 is 1.42. The first-order chi connectivity index (χ1) is 8.06. The maximum atomic E-state index is 11.6. The molecule has 0 radical (unpaired) electrons. The lowest BCUT2D eigenvalue weighted by Crippen LogP contribution is -2.20. The first kappa shape index (κ1) is 13.9. The number of unbranched alkanes of at least 4 members (excludes halogenated alkanes) is 2. The van der Waals surface area contributed by atoms with E-state index in [1.807, 2.05) is 0 Å². The number of nitrogens with zero attached hydrogens (tertiary/aromatic N) is 2. The van der Waals surface area contributed by atoms with Gasteiger partial charge in [0.05, 0.1) is 11.1 Å². The Balaban J connectivity index is 2.81. The largest absolute Gasteiger partial charge is 0.309 e. The molecular weight excluding hydrogens is 288 g/mol. The molecule has 6 heteroatoms. The zero-order valence-corrected chi connectivity index (χ0v) is 11.3. The highest BCUT2D eigenvalue weighted by Crippen LogP contribution is 2.14. The summed E-state index contributed by atoms with van der Waals surface area (Å²) in [7, 11) is 0. The Kier molecular flexibility index (Phi) is 5.34. The average Bonchev–Trinajstić information content (AvgIpc) is 2.26. The van der Waals surface area contributed by atoms with E-state index in [1.54, 1.807) is 6.92 Å². The molecule has 0 aliphatic rings. The van der Waals surface area contributed by atoms with E-state index in [4.69, 9.17) is 0 Å². The molecule has 0 bridgehead atoms. The molecule has 0 aliphatic carbocycles. The van der Waals surface area contributed by atoms with Crippen molar-refractivity contribution in [3.8, 4) is 0 Å². The molecule has 1 aromatic heterocycles. The number of aryl methyl sites for hydroxylation is 2. The number of hydrogen-bond acceptors (Lipinski definition) is 3. The number of pyridine rings is 1. The van der Waals surface area contributed by atoms with Crippen molar-refractivity contribution in [2.24, 2.45) is 0 Å². The molecule has 0 saturated carbocycles. The second-order valence-electron chi connectivity index (χ2n) is 3.88. The van der Waals surface area contributed by atoms with Crippen LogP contribution in [-0.2, 0) is 6.54 Å². The van der Waals surface area contributed by atoms with Gasteiger partial charge in [-0.2, -0.15) is 0 Å². The fourth-order valence-corrected chi connectivity index (χ4v) is 1.97. The van der Waals surface area contributed by atoms with Crippen molar-refractivity contribution in [1.29, 1.82) is 0 Å². The van der Waals surface area contributed by atoms with Gasteiger partial charge < -0.3 is 4.57 Å². The third-order valence-electron chi connectivity index (χ3n) is 2.53. The second-order valence-corrected chi connectivity index (χ2v) is 4.67. The molecule has 17 heavy (non-hydrogen) atoms. The Hall–Kier alpha value is -1.17. The van der Waals surface area contributed by atoms with Gasteiger partial charge in [-0.25, -0.2) is 0 Å². The third-order valence-corrected chi connectivity index (χ3v) is 3.10. The molecule has 0 spiro atoms. The van der Waals surface area contributed by atoms with Crippen molar-refractivity contribution in [3.63, 3.8) is 0 Å². The van der Waals surface area contributed by atoms with Gasteiger partial charge in [-0.1, -0.05) is 22.4 Å². The number of hydrogen-bond donors (Lipinski definition) is 0. The van der Waals surface area contributed by atoms with E-state index in [0.29, 0.717) is 12.1 Å². The molecule has 1 aromatic rings. The van der Waals surface area contributed by atoms with E-state index >= 15 is 0 Å². The highest BCUT2D eigenvalue weighted by atomic mass is 79.9. The molecule has 1 heterocycles. The Bertz CT molecular complexity index is 457. The molecule has 0 aromatic carbocycles. The van der Waals surface area contributed by atoms with E-state index in [2.05, 4.69) is 15.9 Å². The lowest BCUT2D eigenvalue weighted by molar-refractivity contribution is -0.385. The van der Waals surface area contributed by atoms with E-state index in [0.717, 1.165) is 24.6 Å². The Morgan fingerprint density at radius 2 is 2.12 bits per heavy atom. The van der Waals surface area contributed by atoms with Crippen molar-refractivity contribution in [3.05, 3.63) is 38.3 Å². The number of alkyl halides is 1. The number of rotatable bonds is 6. The van der Waals surface area contributed by atoms with Crippen molar-refractivity contribution < 1.29 is 4.92 Å². The van der Waals surface area contributed by atoms with Crippen LogP contribution in [0.15, 0.2) is 17.1 Å². The second kappa shape index (κ2) is 6.54. The van der Waals surface area contributed by atoms with Crippen LogP contribution >= 0.6 is 15.9 Å². The van der Waals surface area contributed by atoms with Crippen LogP contribution < -0.4 is 5.56 Å². The van der Waals surface area contributed by atoms with Crippen LogP contribution in [0.5, 0.6) is 0 Å². The van der Waals surface area contributed by atoms with Crippen molar-refractivity contribution >= 4 is 21.6 Å². The minimum absolute atomic E-state index is 0.00471. The van der Waals surface area contributed by atoms with Gasteiger partial charge in [0.15, 0.2) is 0 Å². The van der Waals surface area contributed by atoms with Crippen LogP contribution in [0.4, 0.5) is 5.69 Å². The van der Waals surface area contributed by atoms with Crippen LogP contribution in [0.2, 0.25) is 0 Å². The van der Waals surface area contributed by atoms with Crippen LogP contribution in [0.25, 0.3) is 0 Å². The summed E-state index contributed by atoms with van der Waals surface area (Å²) in [5.41, 5.74) is 0.244. The van der Waals surface area contributed by atoms with Gasteiger partial charge in [-0.15, -0.1) is 0 Å². The van der Waals surface area contributed by atoms with Crippen LogP contribution in [0.1, 0.15) is 24.8 Å². The smallest absolute Gasteiger partial charge is 0.288 e. The van der Waals surface area contributed by atoms with Crippen molar-refractivity contribution in [1.82, 2.24) is 4.57 Å². The number of nitro groups is 1. The fourth-order valence-electron chi connectivity index (χ4n) is 1.57. The monoisotopic (exact) mass is 302 g/mol. The highest BCUT2D eigenvalue weighted by Gasteiger charge is 2.12.